The van der Waals surface area contributed by atoms with Crippen LogP contribution in [0, 0.1) is 0 Å². The van der Waals surface area contributed by atoms with Crippen LogP contribution in [0.4, 0.5) is 0 Å². The second-order valence-electron chi connectivity index (χ2n) is 3.60. The van der Waals surface area contributed by atoms with Crippen molar-refractivity contribution in [3.63, 3.8) is 0 Å². The minimum absolute atomic E-state index is 0.154. The zero-order valence-corrected chi connectivity index (χ0v) is 11.0. The van der Waals surface area contributed by atoms with Crippen molar-refractivity contribution in [1.82, 2.24) is 5.32 Å². The lowest BCUT2D eigenvalue weighted by molar-refractivity contribution is -0.113. The van der Waals surface area contributed by atoms with Gasteiger partial charge in [0.1, 0.15) is 5.82 Å². The molecule has 0 aromatic heterocycles. The minimum atomic E-state index is -0.154. The maximum absolute atomic E-state index is 11.3. The summed E-state index contributed by atoms with van der Waals surface area (Å²) in [5.41, 5.74) is 6.85. The number of Topliss-reactive ketones (excluding diaryl/α,β-unsaturated/α-hetero) is 1. The average Bonchev–Trinajstić information content (AvgIpc) is 2.25. The molecule has 1 aliphatic carbocycles. The van der Waals surface area contributed by atoms with Crippen LogP contribution < -0.4 is 11.1 Å². The summed E-state index contributed by atoms with van der Waals surface area (Å²) in [5, 5.41) is 3.85. The number of halogens is 2. The fourth-order valence-electron chi connectivity index (χ4n) is 1.48. The Morgan fingerprint density at radius 2 is 2.24 bits per heavy atom. The van der Waals surface area contributed by atoms with Crippen molar-refractivity contribution in [3.8, 4) is 0 Å². The van der Waals surface area contributed by atoms with Crippen LogP contribution in [0.25, 0.3) is 0 Å². The van der Waals surface area contributed by atoms with Crippen molar-refractivity contribution in [3.05, 3.63) is 45.9 Å². The van der Waals surface area contributed by atoms with Gasteiger partial charge in [-0.15, -0.1) is 0 Å². The second kappa shape index (κ2) is 5.94. The van der Waals surface area contributed by atoms with E-state index < -0.39 is 0 Å². The fraction of sp³-hybridized carbons (Fsp3) is 0.250. The standard InChI is InChI=1S/C12H14Cl2N2O/c1-3-8(7(2)17)12(15)16-10-6-4-5-9(13)11(10)14/h3,5,16H,1,4,6,15H2,2H3/b12-8+. The Kier molecular flexibility index (Phi) is 4.85. The van der Waals surface area contributed by atoms with Crippen molar-refractivity contribution in [2.45, 2.75) is 19.8 Å². The third-order valence-electron chi connectivity index (χ3n) is 2.35. The number of carbonyl (C=O) groups excluding carboxylic acids is 1. The largest absolute Gasteiger partial charge is 0.385 e. The Morgan fingerprint density at radius 1 is 1.59 bits per heavy atom. The molecule has 0 radical (unpaired) electrons. The van der Waals surface area contributed by atoms with E-state index in [1.54, 1.807) is 0 Å². The maximum Gasteiger partial charge on any atom is 0.163 e. The summed E-state index contributed by atoms with van der Waals surface area (Å²) in [5.74, 6) is 0.0891. The molecular formula is C12H14Cl2N2O. The molecule has 1 aliphatic rings. The highest BCUT2D eigenvalue weighted by atomic mass is 35.5. The molecule has 0 heterocycles. The predicted octanol–water partition coefficient (Wildman–Crippen LogP) is 2.89. The SMILES string of the molecule is C=C/C(C(C)=O)=C(/N)NC1=C(Cl)C(Cl)=CCC1. The summed E-state index contributed by atoms with van der Waals surface area (Å²) in [6.07, 6.45) is 4.75. The molecule has 0 aromatic rings. The van der Waals surface area contributed by atoms with E-state index in [-0.39, 0.29) is 11.6 Å². The van der Waals surface area contributed by atoms with Gasteiger partial charge in [0.15, 0.2) is 5.78 Å². The van der Waals surface area contributed by atoms with E-state index >= 15 is 0 Å². The fourth-order valence-corrected chi connectivity index (χ4v) is 1.92. The molecule has 5 heteroatoms. The number of hydrogen-bond acceptors (Lipinski definition) is 3. The van der Waals surface area contributed by atoms with E-state index in [0.29, 0.717) is 22.1 Å². The number of ketones is 1. The molecule has 0 aromatic carbocycles. The van der Waals surface area contributed by atoms with Crippen molar-refractivity contribution in [2.24, 2.45) is 5.73 Å². The summed E-state index contributed by atoms with van der Waals surface area (Å²) in [6.45, 7) is 4.97. The molecule has 0 saturated heterocycles. The van der Waals surface area contributed by atoms with Gasteiger partial charge in [-0.05, 0) is 19.8 Å². The highest BCUT2D eigenvalue weighted by molar-refractivity contribution is 6.44. The van der Waals surface area contributed by atoms with Crippen LogP contribution in [-0.4, -0.2) is 5.78 Å². The maximum atomic E-state index is 11.3. The van der Waals surface area contributed by atoms with Gasteiger partial charge in [-0.3, -0.25) is 4.79 Å². The van der Waals surface area contributed by atoms with E-state index in [1.807, 2.05) is 6.08 Å². The van der Waals surface area contributed by atoms with Crippen LogP contribution in [-0.2, 0) is 4.79 Å². The topological polar surface area (TPSA) is 55.1 Å². The Hall–Kier alpha value is -1.19. The Balaban J connectivity index is 2.99. The number of carbonyl (C=O) groups is 1. The summed E-state index contributed by atoms with van der Waals surface area (Å²) in [4.78, 5) is 11.3. The van der Waals surface area contributed by atoms with Gasteiger partial charge in [0.05, 0.1) is 15.6 Å². The number of hydrogen-bond donors (Lipinski definition) is 2. The second-order valence-corrected chi connectivity index (χ2v) is 4.38. The average molecular weight is 273 g/mol. The first-order valence-corrected chi connectivity index (χ1v) is 5.87. The van der Waals surface area contributed by atoms with E-state index in [0.717, 1.165) is 12.1 Å². The van der Waals surface area contributed by atoms with E-state index in [4.69, 9.17) is 28.9 Å². The van der Waals surface area contributed by atoms with Gasteiger partial charge in [0.25, 0.3) is 0 Å². The van der Waals surface area contributed by atoms with Crippen molar-refractivity contribution in [1.29, 1.82) is 0 Å². The molecule has 0 amide bonds. The van der Waals surface area contributed by atoms with Gasteiger partial charge in [0, 0.05) is 5.70 Å². The zero-order chi connectivity index (χ0) is 13.0. The Morgan fingerprint density at radius 3 is 2.76 bits per heavy atom. The molecule has 17 heavy (non-hydrogen) atoms. The van der Waals surface area contributed by atoms with Crippen molar-refractivity contribution >= 4 is 29.0 Å². The molecule has 0 unspecified atom stereocenters. The highest BCUT2D eigenvalue weighted by Gasteiger charge is 2.14. The molecule has 0 spiro atoms. The van der Waals surface area contributed by atoms with Gasteiger partial charge in [-0.1, -0.05) is 41.9 Å². The summed E-state index contributed by atoms with van der Waals surface area (Å²) in [6, 6.07) is 0. The zero-order valence-electron chi connectivity index (χ0n) is 9.52. The lowest BCUT2D eigenvalue weighted by Gasteiger charge is -2.17. The van der Waals surface area contributed by atoms with Crippen molar-refractivity contribution < 1.29 is 4.79 Å². The van der Waals surface area contributed by atoms with E-state index in [2.05, 4.69) is 11.9 Å². The summed E-state index contributed by atoms with van der Waals surface area (Å²) >= 11 is 11.9. The smallest absolute Gasteiger partial charge is 0.163 e. The number of nitrogens with one attached hydrogen (secondary N) is 1. The van der Waals surface area contributed by atoms with Crippen LogP contribution in [0.1, 0.15) is 19.8 Å². The normalized spacial score (nSPS) is 17.2. The molecule has 0 aliphatic heterocycles. The molecule has 0 bridgehead atoms. The van der Waals surface area contributed by atoms with Gasteiger partial charge in [-0.2, -0.15) is 0 Å². The molecule has 0 fully saturated rings. The molecular weight excluding hydrogens is 259 g/mol. The monoisotopic (exact) mass is 272 g/mol. The van der Waals surface area contributed by atoms with Gasteiger partial charge >= 0.3 is 0 Å². The highest BCUT2D eigenvalue weighted by Crippen LogP contribution is 2.29. The Bertz CT molecular complexity index is 447. The van der Waals surface area contributed by atoms with Gasteiger partial charge in [-0.25, -0.2) is 0 Å². The van der Waals surface area contributed by atoms with Crippen LogP contribution in [0.5, 0.6) is 0 Å². The van der Waals surface area contributed by atoms with Crippen LogP contribution >= 0.6 is 23.2 Å². The lowest BCUT2D eigenvalue weighted by Crippen LogP contribution is -2.24. The van der Waals surface area contributed by atoms with Crippen LogP contribution in [0.3, 0.4) is 0 Å². The molecule has 0 atom stereocenters. The van der Waals surface area contributed by atoms with Gasteiger partial charge in [0.2, 0.25) is 0 Å². The number of allylic oxidation sites excluding steroid dienone is 6. The van der Waals surface area contributed by atoms with E-state index in [9.17, 15) is 4.79 Å². The molecule has 92 valence electrons. The quantitative estimate of drug-likeness (QED) is 0.611. The third kappa shape index (κ3) is 3.38. The molecule has 1 rings (SSSR count). The molecule has 0 saturated carbocycles. The Labute approximate surface area is 111 Å². The first kappa shape index (κ1) is 13.9. The predicted molar refractivity (Wildman–Crippen MR) is 71.3 cm³/mol. The number of rotatable bonds is 4. The third-order valence-corrected chi connectivity index (χ3v) is 3.22. The van der Waals surface area contributed by atoms with Gasteiger partial charge < -0.3 is 11.1 Å². The molecule has 3 nitrogen and oxygen atoms in total. The summed E-state index contributed by atoms with van der Waals surface area (Å²) in [7, 11) is 0. The van der Waals surface area contributed by atoms with Crippen LogP contribution in [0.15, 0.2) is 45.9 Å². The first-order valence-electron chi connectivity index (χ1n) is 5.12. The first-order chi connectivity index (χ1) is 7.97. The van der Waals surface area contributed by atoms with Crippen molar-refractivity contribution in [2.75, 3.05) is 0 Å². The van der Waals surface area contributed by atoms with Crippen LogP contribution in [0.2, 0.25) is 0 Å². The lowest BCUT2D eigenvalue weighted by atomic mass is 10.1. The van der Waals surface area contributed by atoms with E-state index in [1.165, 1.54) is 13.0 Å². The minimum Gasteiger partial charge on any atom is -0.385 e. The number of nitrogens with two attached hydrogens (primary N) is 1. The molecule has 3 N–H and O–H groups in total. The summed E-state index contributed by atoms with van der Waals surface area (Å²) < 4.78 is 0.